The average molecular weight is 342 g/mol. The number of anilines is 2. The van der Waals surface area contributed by atoms with Crippen LogP contribution in [0.25, 0.3) is 11.2 Å². The van der Waals surface area contributed by atoms with Crippen LogP contribution in [0.4, 0.5) is 11.8 Å². The van der Waals surface area contributed by atoms with Crippen molar-refractivity contribution in [2.45, 2.75) is 32.5 Å². The van der Waals surface area contributed by atoms with Crippen molar-refractivity contribution < 1.29 is 9.15 Å². The van der Waals surface area contributed by atoms with Gasteiger partial charge in [0.15, 0.2) is 17.0 Å². The first-order valence-electron chi connectivity index (χ1n) is 8.44. The summed E-state index contributed by atoms with van der Waals surface area (Å²) < 4.78 is 13.4. The maximum absolute atomic E-state index is 5.79. The molecule has 132 valence electrons. The van der Waals surface area contributed by atoms with E-state index in [9.17, 15) is 0 Å². The van der Waals surface area contributed by atoms with E-state index in [1.54, 1.807) is 6.33 Å². The second-order valence-electron chi connectivity index (χ2n) is 6.42. The Morgan fingerprint density at radius 1 is 1.32 bits per heavy atom. The van der Waals surface area contributed by atoms with Crippen LogP contribution in [0.2, 0.25) is 0 Å². The number of furan rings is 1. The van der Waals surface area contributed by atoms with Crippen molar-refractivity contribution in [3.8, 4) is 0 Å². The molecule has 4 heterocycles. The molecule has 3 aromatic rings. The van der Waals surface area contributed by atoms with Crippen LogP contribution >= 0.6 is 0 Å². The van der Waals surface area contributed by atoms with Crippen LogP contribution in [0.5, 0.6) is 0 Å². The van der Waals surface area contributed by atoms with Crippen LogP contribution in [0.15, 0.2) is 22.9 Å². The van der Waals surface area contributed by atoms with Gasteiger partial charge >= 0.3 is 0 Å². The number of rotatable bonds is 5. The van der Waals surface area contributed by atoms with Gasteiger partial charge in [-0.25, -0.2) is 4.98 Å². The summed E-state index contributed by atoms with van der Waals surface area (Å²) in [6.45, 7) is 3.25. The van der Waals surface area contributed by atoms with Crippen molar-refractivity contribution in [3.05, 3.63) is 30.0 Å². The molecule has 3 aromatic heterocycles. The van der Waals surface area contributed by atoms with Crippen LogP contribution < -0.4 is 10.2 Å². The molecule has 0 saturated carbocycles. The van der Waals surface area contributed by atoms with Gasteiger partial charge in [-0.2, -0.15) is 9.97 Å². The maximum atomic E-state index is 5.79. The van der Waals surface area contributed by atoms with Gasteiger partial charge in [0.25, 0.3) is 0 Å². The van der Waals surface area contributed by atoms with Crippen LogP contribution in [-0.4, -0.2) is 40.2 Å². The highest BCUT2D eigenvalue weighted by Crippen LogP contribution is 2.29. The van der Waals surface area contributed by atoms with E-state index in [2.05, 4.69) is 20.3 Å². The van der Waals surface area contributed by atoms with Gasteiger partial charge in [-0.15, -0.1) is 0 Å². The Bertz CT molecular complexity index is 879. The summed E-state index contributed by atoms with van der Waals surface area (Å²) in [5.41, 5.74) is 1.52. The smallest absolute Gasteiger partial charge is 0.228 e. The fourth-order valence-electron chi connectivity index (χ4n) is 2.97. The van der Waals surface area contributed by atoms with E-state index in [1.165, 1.54) is 0 Å². The summed E-state index contributed by atoms with van der Waals surface area (Å²) in [4.78, 5) is 15.7. The van der Waals surface area contributed by atoms with E-state index < -0.39 is 0 Å². The minimum Gasteiger partial charge on any atom is -0.465 e. The standard InChI is InChI=1S/C17H22N6O2/c1-11-6-7-12(25-11)9-18-15-14-16(21-17(20-15)22(2)3)23(10-19-14)13-5-4-8-24-13/h6-7,10,13H,4-5,8-9H2,1-3H3,(H,18,20,21). The SMILES string of the molecule is Cc1ccc(CNc2nc(N(C)C)nc3c2ncn3C2CCCO2)o1. The quantitative estimate of drug-likeness (QED) is 0.763. The summed E-state index contributed by atoms with van der Waals surface area (Å²) in [6.07, 6.45) is 3.81. The monoisotopic (exact) mass is 342 g/mol. The summed E-state index contributed by atoms with van der Waals surface area (Å²) in [6, 6.07) is 3.91. The lowest BCUT2D eigenvalue weighted by molar-refractivity contribution is 0.0593. The molecule has 8 nitrogen and oxygen atoms in total. The lowest BCUT2D eigenvalue weighted by Crippen LogP contribution is -2.15. The van der Waals surface area contributed by atoms with Crippen molar-refractivity contribution in [3.63, 3.8) is 0 Å². The summed E-state index contributed by atoms with van der Waals surface area (Å²) >= 11 is 0. The predicted octanol–water partition coefficient (Wildman–Crippen LogP) is 2.71. The van der Waals surface area contributed by atoms with E-state index in [0.29, 0.717) is 18.3 Å². The van der Waals surface area contributed by atoms with Crippen molar-refractivity contribution in [1.82, 2.24) is 19.5 Å². The Kier molecular flexibility index (Phi) is 4.04. The van der Waals surface area contributed by atoms with Crippen molar-refractivity contribution in [1.29, 1.82) is 0 Å². The van der Waals surface area contributed by atoms with Crippen LogP contribution in [0.1, 0.15) is 30.6 Å². The number of nitrogens with one attached hydrogen (secondary N) is 1. The number of imidazole rings is 1. The third kappa shape index (κ3) is 3.05. The van der Waals surface area contributed by atoms with E-state index in [-0.39, 0.29) is 6.23 Å². The fourth-order valence-corrected chi connectivity index (χ4v) is 2.97. The van der Waals surface area contributed by atoms with Gasteiger partial charge in [0.05, 0.1) is 12.9 Å². The molecule has 0 amide bonds. The molecule has 0 aliphatic carbocycles. The van der Waals surface area contributed by atoms with Gasteiger partial charge < -0.3 is 19.4 Å². The molecule has 1 atom stereocenters. The highest BCUT2D eigenvalue weighted by atomic mass is 16.5. The first kappa shape index (κ1) is 15.9. The molecule has 1 N–H and O–H groups in total. The number of aryl methyl sites for hydroxylation is 1. The zero-order valence-electron chi connectivity index (χ0n) is 14.7. The second-order valence-corrected chi connectivity index (χ2v) is 6.42. The lowest BCUT2D eigenvalue weighted by atomic mass is 10.3. The molecule has 0 radical (unpaired) electrons. The zero-order chi connectivity index (χ0) is 17.4. The minimum absolute atomic E-state index is 0.00418. The fraction of sp³-hybridized carbons (Fsp3) is 0.471. The molecule has 0 bridgehead atoms. The molecule has 1 saturated heterocycles. The summed E-state index contributed by atoms with van der Waals surface area (Å²) in [5.74, 6) is 3.07. The molecule has 1 aliphatic rings. The summed E-state index contributed by atoms with van der Waals surface area (Å²) in [5, 5.41) is 3.33. The molecule has 25 heavy (non-hydrogen) atoms. The lowest BCUT2D eigenvalue weighted by Gasteiger charge is -2.15. The molecular weight excluding hydrogens is 320 g/mol. The van der Waals surface area contributed by atoms with Gasteiger partial charge in [0, 0.05) is 20.7 Å². The first-order chi connectivity index (χ1) is 12.1. The third-order valence-corrected chi connectivity index (χ3v) is 4.25. The molecule has 8 heteroatoms. The second kappa shape index (κ2) is 6.36. The van der Waals surface area contributed by atoms with Crippen molar-refractivity contribution in [2.24, 2.45) is 0 Å². The average Bonchev–Trinajstić information content (AvgIpc) is 3.32. The van der Waals surface area contributed by atoms with E-state index in [4.69, 9.17) is 9.15 Å². The molecule has 0 spiro atoms. The molecule has 1 unspecified atom stereocenters. The molecule has 1 aliphatic heterocycles. The molecule has 4 rings (SSSR count). The zero-order valence-corrected chi connectivity index (χ0v) is 14.7. The Hall–Kier alpha value is -2.61. The van der Waals surface area contributed by atoms with E-state index >= 15 is 0 Å². The number of ether oxygens (including phenoxy) is 1. The topological polar surface area (TPSA) is 81.2 Å². The van der Waals surface area contributed by atoms with Crippen LogP contribution in [0.3, 0.4) is 0 Å². The minimum atomic E-state index is -0.00418. The molecular formula is C17H22N6O2. The Labute approximate surface area is 145 Å². The Morgan fingerprint density at radius 3 is 2.88 bits per heavy atom. The van der Waals surface area contributed by atoms with E-state index in [1.807, 2.05) is 42.6 Å². The van der Waals surface area contributed by atoms with Gasteiger partial charge in [0.1, 0.15) is 17.7 Å². The van der Waals surface area contributed by atoms with Gasteiger partial charge in [0.2, 0.25) is 5.95 Å². The summed E-state index contributed by atoms with van der Waals surface area (Å²) in [7, 11) is 3.85. The number of nitrogens with zero attached hydrogens (tertiary/aromatic N) is 5. The maximum Gasteiger partial charge on any atom is 0.228 e. The third-order valence-electron chi connectivity index (χ3n) is 4.25. The van der Waals surface area contributed by atoms with Crippen molar-refractivity contribution in [2.75, 3.05) is 30.9 Å². The van der Waals surface area contributed by atoms with Crippen LogP contribution in [-0.2, 0) is 11.3 Å². The predicted molar refractivity (Wildman–Crippen MR) is 94.6 cm³/mol. The number of hydrogen-bond acceptors (Lipinski definition) is 7. The van der Waals surface area contributed by atoms with Gasteiger partial charge in [-0.05, 0) is 31.9 Å². The Morgan fingerprint density at radius 2 is 2.20 bits per heavy atom. The molecule has 0 aromatic carbocycles. The highest BCUT2D eigenvalue weighted by molar-refractivity contribution is 5.84. The normalized spacial score (nSPS) is 17.3. The number of hydrogen-bond donors (Lipinski definition) is 1. The van der Waals surface area contributed by atoms with Gasteiger partial charge in [-0.1, -0.05) is 0 Å². The highest BCUT2D eigenvalue weighted by Gasteiger charge is 2.22. The molecule has 1 fully saturated rings. The number of fused-ring (bicyclic) bond motifs is 1. The largest absolute Gasteiger partial charge is 0.465 e. The van der Waals surface area contributed by atoms with Crippen LogP contribution in [0, 0.1) is 6.92 Å². The van der Waals surface area contributed by atoms with Gasteiger partial charge in [-0.3, -0.25) is 4.57 Å². The van der Waals surface area contributed by atoms with Crippen molar-refractivity contribution >= 4 is 22.9 Å². The van der Waals surface area contributed by atoms with E-state index in [0.717, 1.165) is 42.1 Å². The first-order valence-corrected chi connectivity index (χ1v) is 8.44. The Balaban J connectivity index is 1.71. The number of aromatic nitrogens is 4.